The average Bonchev–Trinajstić information content (AvgIpc) is 2.87. The van der Waals surface area contributed by atoms with Gasteiger partial charge in [0.2, 0.25) is 5.91 Å². The second-order valence-electron chi connectivity index (χ2n) is 4.37. The molecule has 0 radical (unpaired) electrons. The van der Waals surface area contributed by atoms with E-state index in [2.05, 4.69) is 0 Å². The first kappa shape index (κ1) is 12.5. The SMILES string of the molecule is NC(=O)c1csc([C@@H]2C[C@H](CO)[C@@H](O)[C@H]2O)c1. The first-order valence-electron chi connectivity index (χ1n) is 5.39. The Hall–Kier alpha value is -0.950. The van der Waals surface area contributed by atoms with Crippen molar-refractivity contribution in [1.29, 1.82) is 0 Å². The molecule has 1 saturated carbocycles. The van der Waals surface area contributed by atoms with Gasteiger partial charge < -0.3 is 21.1 Å². The lowest BCUT2D eigenvalue weighted by Gasteiger charge is -2.15. The first-order valence-corrected chi connectivity index (χ1v) is 6.27. The number of carbonyl (C=O) groups excluding carboxylic acids is 1. The van der Waals surface area contributed by atoms with Crippen molar-refractivity contribution in [2.45, 2.75) is 24.5 Å². The van der Waals surface area contributed by atoms with E-state index in [-0.39, 0.29) is 18.4 Å². The first-order chi connectivity index (χ1) is 8.04. The highest BCUT2D eigenvalue weighted by Gasteiger charge is 2.42. The van der Waals surface area contributed by atoms with E-state index in [9.17, 15) is 15.0 Å². The number of amides is 1. The Morgan fingerprint density at radius 2 is 2.18 bits per heavy atom. The van der Waals surface area contributed by atoms with Crippen LogP contribution in [-0.2, 0) is 0 Å². The third kappa shape index (κ3) is 2.21. The highest BCUT2D eigenvalue weighted by atomic mass is 32.1. The summed E-state index contributed by atoms with van der Waals surface area (Å²) in [5.41, 5.74) is 5.57. The predicted octanol–water partition coefficient (Wildman–Crippen LogP) is -0.335. The number of nitrogens with two attached hydrogens (primary N) is 1. The second kappa shape index (κ2) is 4.73. The summed E-state index contributed by atoms with van der Waals surface area (Å²) in [4.78, 5) is 11.8. The highest BCUT2D eigenvalue weighted by molar-refractivity contribution is 7.10. The Kier molecular flexibility index (Phi) is 3.48. The van der Waals surface area contributed by atoms with E-state index in [0.29, 0.717) is 12.0 Å². The average molecular weight is 257 g/mol. The molecule has 0 aromatic carbocycles. The van der Waals surface area contributed by atoms with Crippen LogP contribution < -0.4 is 5.73 Å². The number of aliphatic hydroxyl groups excluding tert-OH is 3. The van der Waals surface area contributed by atoms with Gasteiger partial charge in [0.15, 0.2) is 0 Å². The number of rotatable bonds is 3. The Morgan fingerprint density at radius 3 is 2.65 bits per heavy atom. The summed E-state index contributed by atoms with van der Waals surface area (Å²) in [5.74, 6) is -1.05. The van der Waals surface area contributed by atoms with E-state index >= 15 is 0 Å². The lowest BCUT2D eigenvalue weighted by molar-refractivity contribution is 0.00257. The molecule has 0 spiro atoms. The Morgan fingerprint density at radius 1 is 1.47 bits per heavy atom. The maximum absolute atomic E-state index is 11.0. The van der Waals surface area contributed by atoms with Crippen molar-refractivity contribution < 1.29 is 20.1 Å². The zero-order valence-corrected chi connectivity index (χ0v) is 9.93. The zero-order chi connectivity index (χ0) is 12.6. The van der Waals surface area contributed by atoms with Crippen LogP contribution in [0.4, 0.5) is 0 Å². The van der Waals surface area contributed by atoms with Gasteiger partial charge in [-0.2, -0.15) is 0 Å². The third-order valence-electron chi connectivity index (χ3n) is 3.31. The predicted molar refractivity (Wildman–Crippen MR) is 62.8 cm³/mol. The van der Waals surface area contributed by atoms with Crippen molar-refractivity contribution in [3.8, 4) is 0 Å². The smallest absolute Gasteiger partial charge is 0.249 e. The van der Waals surface area contributed by atoms with Crippen LogP contribution in [0.25, 0.3) is 0 Å². The van der Waals surface area contributed by atoms with Crippen LogP contribution >= 0.6 is 11.3 Å². The van der Waals surface area contributed by atoms with E-state index in [1.165, 1.54) is 11.3 Å². The molecule has 1 aliphatic rings. The monoisotopic (exact) mass is 257 g/mol. The van der Waals surface area contributed by atoms with Gasteiger partial charge in [-0.25, -0.2) is 0 Å². The van der Waals surface area contributed by atoms with Crippen LogP contribution in [0.2, 0.25) is 0 Å². The molecule has 0 saturated heterocycles. The molecule has 1 aliphatic carbocycles. The van der Waals surface area contributed by atoms with Crippen molar-refractivity contribution in [3.05, 3.63) is 21.9 Å². The highest BCUT2D eigenvalue weighted by Crippen LogP contribution is 2.40. The van der Waals surface area contributed by atoms with Crippen LogP contribution in [0, 0.1) is 5.92 Å². The fraction of sp³-hybridized carbons (Fsp3) is 0.545. The van der Waals surface area contributed by atoms with E-state index in [4.69, 9.17) is 10.8 Å². The third-order valence-corrected chi connectivity index (χ3v) is 4.37. The number of thiophene rings is 1. The molecule has 1 amide bonds. The van der Waals surface area contributed by atoms with Gasteiger partial charge in [0.25, 0.3) is 0 Å². The molecule has 0 bridgehead atoms. The van der Waals surface area contributed by atoms with Crippen molar-refractivity contribution in [2.75, 3.05) is 6.61 Å². The number of primary amides is 1. The Bertz CT molecular complexity index is 419. The molecule has 5 N–H and O–H groups in total. The molecule has 1 heterocycles. The summed E-state index contributed by atoms with van der Waals surface area (Å²) in [6, 6.07) is 1.65. The summed E-state index contributed by atoms with van der Waals surface area (Å²) in [7, 11) is 0. The molecule has 6 heteroatoms. The Labute approximate surface area is 103 Å². The molecule has 0 unspecified atom stereocenters. The topological polar surface area (TPSA) is 104 Å². The van der Waals surface area contributed by atoms with Gasteiger partial charge in [0, 0.05) is 28.7 Å². The molecule has 4 atom stereocenters. The van der Waals surface area contributed by atoms with Gasteiger partial charge in [-0.15, -0.1) is 11.3 Å². The second-order valence-corrected chi connectivity index (χ2v) is 5.31. The van der Waals surface area contributed by atoms with Crippen LogP contribution in [0.3, 0.4) is 0 Å². The van der Waals surface area contributed by atoms with Gasteiger partial charge in [-0.05, 0) is 12.5 Å². The van der Waals surface area contributed by atoms with Crippen molar-refractivity contribution >= 4 is 17.2 Å². The molecule has 0 aliphatic heterocycles. The fourth-order valence-corrected chi connectivity index (χ4v) is 3.32. The lowest BCUT2D eigenvalue weighted by Crippen LogP contribution is -2.28. The minimum atomic E-state index is -0.913. The fourth-order valence-electron chi connectivity index (χ4n) is 2.27. The minimum Gasteiger partial charge on any atom is -0.396 e. The van der Waals surface area contributed by atoms with E-state index in [0.717, 1.165) is 4.88 Å². The summed E-state index contributed by atoms with van der Waals surface area (Å²) in [5, 5.41) is 30.3. The number of hydrogen-bond donors (Lipinski definition) is 4. The van der Waals surface area contributed by atoms with Crippen LogP contribution in [-0.4, -0.2) is 40.0 Å². The molecule has 94 valence electrons. The van der Waals surface area contributed by atoms with Gasteiger partial charge in [0.1, 0.15) is 0 Å². The van der Waals surface area contributed by atoms with Gasteiger partial charge in [-0.1, -0.05) is 0 Å². The molecule has 17 heavy (non-hydrogen) atoms. The summed E-state index contributed by atoms with van der Waals surface area (Å²) in [6.07, 6.45) is -1.30. The van der Waals surface area contributed by atoms with E-state index in [1.54, 1.807) is 11.4 Å². The normalized spacial score (nSPS) is 32.9. The lowest BCUT2D eigenvalue weighted by atomic mass is 10.0. The molecular formula is C11H15NO4S. The minimum absolute atomic E-state index is 0.150. The molecular weight excluding hydrogens is 242 g/mol. The van der Waals surface area contributed by atoms with Crippen LogP contribution in [0.5, 0.6) is 0 Å². The molecule has 1 aromatic heterocycles. The molecule has 1 aromatic rings. The standard InChI is InChI=1S/C11H15NO4S/c12-11(16)6-2-8(17-4-6)7-1-5(3-13)9(14)10(7)15/h2,4-5,7,9-10,13-15H,1,3H2,(H2,12,16)/t5-,7+,9-,10+/m1/s1. The summed E-state index contributed by atoms with van der Waals surface area (Å²) in [6.45, 7) is -0.150. The number of aliphatic hydroxyl groups is 3. The largest absolute Gasteiger partial charge is 0.396 e. The maximum Gasteiger partial charge on any atom is 0.249 e. The van der Waals surface area contributed by atoms with Crippen molar-refractivity contribution in [1.82, 2.24) is 0 Å². The number of carbonyl (C=O) groups is 1. The van der Waals surface area contributed by atoms with Crippen LogP contribution in [0.15, 0.2) is 11.4 Å². The van der Waals surface area contributed by atoms with Crippen LogP contribution in [0.1, 0.15) is 27.6 Å². The van der Waals surface area contributed by atoms with E-state index in [1.807, 2.05) is 0 Å². The quantitative estimate of drug-likeness (QED) is 0.595. The van der Waals surface area contributed by atoms with Gasteiger partial charge in [0.05, 0.1) is 17.8 Å². The number of hydrogen-bond acceptors (Lipinski definition) is 5. The van der Waals surface area contributed by atoms with Crippen molar-refractivity contribution in [2.24, 2.45) is 11.7 Å². The molecule has 5 nitrogen and oxygen atoms in total. The van der Waals surface area contributed by atoms with Gasteiger partial charge >= 0.3 is 0 Å². The zero-order valence-electron chi connectivity index (χ0n) is 9.11. The summed E-state index contributed by atoms with van der Waals surface area (Å²) >= 11 is 1.34. The van der Waals surface area contributed by atoms with Gasteiger partial charge in [-0.3, -0.25) is 4.79 Å². The Balaban J connectivity index is 2.19. The molecule has 2 rings (SSSR count). The molecule has 1 fully saturated rings. The maximum atomic E-state index is 11.0. The van der Waals surface area contributed by atoms with E-state index < -0.39 is 18.1 Å². The van der Waals surface area contributed by atoms with Crippen molar-refractivity contribution in [3.63, 3.8) is 0 Å². The summed E-state index contributed by atoms with van der Waals surface area (Å²) < 4.78 is 0.